The van der Waals surface area contributed by atoms with Crippen molar-refractivity contribution in [1.82, 2.24) is 15.2 Å². The maximum Gasteiger partial charge on any atom is 0.269 e. The van der Waals surface area contributed by atoms with Crippen LogP contribution in [0.25, 0.3) is 0 Å². The van der Waals surface area contributed by atoms with Gasteiger partial charge >= 0.3 is 0 Å². The van der Waals surface area contributed by atoms with Crippen LogP contribution < -0.4 is 10.6 Å². The van der Waals surface area contributed by atoms with Crippen LogP contribution in [0.3, 0.4) is 0 Å². The summed E-state index contributed by atoms with van der Waals surface area (Å²) in [5.74, 6) is -0.149. The van der Waals surface area contributed by atoms with Gasteiger partial charge in [-0.05, 0) is 31.5 Å². The van der Waals surface area contributed by atoms with E-state index in [0.717, 1.165) is 38.2 Å². The Morgan fingerprint density at radius 1 is 1.47 bits per heavy atom. The number of hydrogen-bond acceptors (Lipinski definition) is 4. The maximum atomic E-state index is 11.5. The standard InChI is InChI=1S/C14H22N4O/c1-3-18-8-5-11(6-9-18)17-12-4-7-16-13(10-12)14(19)15-2/h4,7,10-11H,3,5-6,8-9H2,1-2H3,(H,15,19)(H,16,17). The van der Waals surface area contributed by atoms with Crippen LogP contribution in [0.4, 0.5) is 5.69 Å². The number of nitrogens with zero attached hydrogens (tertiary/aromatic N) is 2. The van der Waals surface area contributed by atoms with Gasteiger partial charge in [0.05, 0.1) is 0 Å². The van der Waals surface area contributed by atoms with Crippen LogP contribution >= 0.6 is 0 Å². The summed E-state index contributed by atoms with van der Waals surface area (Å²) in [6.07, 6.45) is 3.96. The molecule has 0 aromatic carbocycles. The Hall–Kier alpha value is -1.62. The van der Waals surface area contributed by atoms with Gasteiger partial charge in [-0.1, -0.05) is 6.92 Å². The topological polar surface area (TPSA) is 57.3 Å². The van der Waals surface area contributed by atoms with Crippen LogP contribution in [0.1, 0.15) is 30.3 Å². The quantitative estimate of drug-likeness (QED) is 0.859. The highest BCUT2D eigenvalue weighted by Crippen LogP contribution is 2.16. The van der Waals surface area contributed by atoms with Gasteiger partial charge < -0.3 is 15.5 Å². The van der Waals surface area contributed by atoms with Crippen molar-refractivity contribution in [3.05, 3.63) is 24.0 Å². The van der Waals surface area contributed by atoms with Crippen LogP contribution in [0.15, 0.2) is 18.3 Å². The van der Waals surface area contributed by atoms with Crippen molar-refractivity contribution >= 4 is 11.6 Å². The Labute approximate surface area is 114 Å². The number of aromatic nitrogens is 1. The van der Waals surface area contributed by atoms with E-state index < -0.39 is 0 Å². The van der Waals surface area contributed by atoms with Crippen molar-refractivity contribution in [2.24, 2.45) is 0 Å². The summed E-state index contributed by atoms with van der Waals surface area (Å²) < 4.78 is 0. The van der Waals surface area contributed by atoms with Crippen molar-refractivity contribution in [1.29, 1.82) is 0 Å². The Morgan fingerprint density at radius 3 is 2.84 bits per heavy atom. The van der Waals surface area contributed by atoms with E-state index in [-0.39, 0.29) is 5.91 Å². The molecule has 1 amide bonds. The molecule has 1 fully saturated rings. The monoisotopic (exact) mass is 262 g/mol. The van der Waals surface area contributed by atoms with Gasteiger partial charge in [0.15, 0.2) is 0 Å². The van der Waals surface area contributed by atoms with E-state index in [0.29, 0.717) is 11.7 Å². The first-order valence-electron chi connectivity index (χ1n) is 6.90. The molecule has 0 spiro atoms. The first-order chi connectivity index (χ1) is 9.22. The Kier molecular flexibility index (Phi) is 4.74. The summed E-state index contributed by atoms with van der Waals surface area (Å²) in [5, 5.41) is 6.09. The average Bonchev–Trinajstić information content (AvgIpc) is 2.47. The third-order valence-electron chi connectivity index (χ3n) is 3.63. The third-order valence-corrected chi connectivity index (χ3v) is 3.63. The first-order valence-corrected chi connectivity index (χ1v) is 6.90. The lowest BCUT2D eigenvalue weighted by Crippen LogP contribution is -2.38. The molecule has 0 aliphatic carbocycles. The molecule has 0 atom stereocenters. The van der Waals surface area contributed by atoms with Crippen molar-refractivity contribution in [2.75, 3.05) is 32.0 Å². The molecule has 0 saturated carbocycles. The highest BCUT2D eigenvalue weighted by molar-refractivity contribution is 5.92. The second kappa shape index (κ2) is 6.52. The van der Waals surface area contributed by atoms with Gasteiger partial charge in [0.1, 0.15) is 5.69 Å². The molecule has 2 rings (SSSR count). The molecule has 2 N–H and O–H groups in total. The lowest BCUT2D eigenvalue weighted by atomic mass is 10.0. The zero-order valence-corrected chi connectivity index (χ0v) is 11.6. The lowest BCUT2D eigenvalue weighted by Gasteiger charge is -2.32. The number of carbonyl (C=O) groups excluding carboxylic acids is 1. The summed E-state index contributed by atoms with van der Waals surface area (Å²) in [7, 11) is 1.62. The molecule has 1 aliphatic rings. The fraction of sp³-hybridized carbons (Fsp3) is 0.571. The second-order valence-corrected chi connectivity index (χ2v) is 4.86. The van der Waals surface area contributed by atoms with Gasteiger partial charge in [-0.2, -0.15) is 0 Å². The molecule has 0 radical (unpaired) electrons. The zero-order valence-electron chi connectivity index (χ0n) is 11.6. The SMILES string of the molecule is CCN1CCC(Nc2ccnc(C(=O)NC)c2)CC1. The molecule has 5 nitrogen and oxygen atoms in total. The number of pyridine rings is 1. The molecular weight excluding hydrogens is 240 g/mol. The molecular formula is C14H22N4O. The van der Waals surface area contributed by atoms with Crippen LogP contribution in [-0.4, -0.2) is 48.5 Å². The molecule has 5 heteroatoms. The van der Waals surface area contributed by atoms with E-state index in [9.17, 15) is 4.79 Å². The molecule has 2 heterocycles. The minimum Gasteiger partial charge on any atom is -0.382 e. The number of amides is 1. The Bertz CT molecular complexity index is 427. The number of anilines is 1. The minimum atomic E-state index is -0.149. The summed E-state index contributed by atoms with van der Waals surface area (Å²) in [5.41, 5.74) is 1.43. The average molecular weight is 262 g/mol. The largest absolute Gasteiger partial charge is 0.382 e. The molecule has 0 bridgehead atoms. The number of piperidine rings is 1. The van der Waals surface area contributed by atoms with E-state index >= 15 is 0 Å². The van der Waals surface area contributed by atoms with Crippen molar-refractivity contribution in [2.45, 2.75) is 25.8 Å². The van der Waals surface area contributed by atoms with E-state index in [1.165, 1.54) is 0 Å². The van der Waals surface area contributed by atoms with Crippen molar-refractivity contribution in [3.8, 4) is 0 Å². The smallest absolute Gasteiger partial charge is 0.269 e. The third kappa shape index (κ3) is 3.67. The van der Waals surface area contributed by atoms with Crippen molar-refractivity contribution < 1.29 is 4.79 Å². The number of carbonyl (C=O) groups is 1. The van der Waals surface area contributed by atoms with E-state index in [1.54, 1.807) is 13.2 Å². The normalized spacial score (nSPS) is 17.2. The number of hydrogen-bond donors (Lipinski definition) is 2. The fourth-order valence-electron chi connectivity index (χ4n) is 2.40. The Balaban J connectivity index is 1.94. The summed E-state index contributed by atoms with van der Waals surface area (Å²) >= 11 is 0. The van der Waals surface area contributed by atoms with Gasteiger partial charge in [0, 0.05) is 38.1 Å². The highest BCUT2D eigenvalue weighted by Gasteiger charge is 2.18. The van der Waals surface area contributed by atoms with E-state index in [4.69, 9.17) is 0 Å². The van der Waals surface area contributed by atoms with E-state index in [1.807, 2.05) is 12.1 Å². The molecule has 1 aromatic rings. The van der Waals surface area contributed by atoms with Crippen LogP contribution in [-0.2, 0) is 0 Å². The van der Waals surface area contributed by atoms with Crippen LogP contribution in [0.5, 0.6) is 0 Å². The van der Waals surface area contributed by atoms with Gasteiger partial charge in [-0.3, -0.25) is 9.78 Å². The van der Waals surface area contributed by atoms with Gasteiger partial charge in [-0.25, -0.2) is 0 Å². The molecule has 0 unspecified atom stereocenters. The first kappa shape index (κ1) is 13.8. The molecule has 1 saturated heterocycles. The summed E-state index contributed by atoms with van der Waals surface area (Å²) in [6, 6.07) is 4.21. The van der Waals surface area contributed by atoms with Gasteiger partial charge in [0.25, 0.3) is 5.91 Å². The Morgan fingerprint density at radius 2 is 2.21 bits per heavy atom. The number of rotatable bonds is 4. The van der Waals surface area contributed by atoms with Crippen molar-refractivity contribution in [3.63, 3.8) is 0 Å². The highest BCUT2D eigenvalue weighted by atomic mass is 16.1. The van der Waals surface area contributed by atoms with Gasteiger partial charge in [0.2, 0.25) is 0 Å². The maximum absolute atomic E-state index is 11.5. The molecule has 1 aromatic heterocycles. The molecule has 19 heavy (non-hydrogen) atoms. The number of nitrogens with one attached hydrogen (secondary N) is 2. The lowest BCUT2D eigenvalue weighted by molar-refractivity contribution is 0.0958. The summed E-state index contributed by atoms with van der Waals surface area (Å²) in [6.45, 7) is 5.61. The van der Waals surface area contributed by atoms with E-state index in [2.05, 4.69) is 27.4 Å². The predicted octanol–water partition coefficient (Wildman–Crippen LogP) is 1.34. The number of likely N-dealkylation sites (tertiary alicyclic amines) is 1. The molecule has 1 aliphatic heterocycles. The molecule has 104 valence electrons. The predicted molar refractivity (Wildman–Crippen MR) is 76.4 cm³/mol. The van der Waals surface area contributed by atoms with Crippen LogP contribution in [0, 0.1) is 0 Å². The minimum absolute atomic E-state index is 0.149. The van der Waals surface area contributed by atoms with Crippen LogP contribution in [0.2, 0.25) is 0 Å². The fourth-order valence-corrected chi connectivity index (χ4v) is 2.40. The second-order valence-electron chi connectivity index (χ2n) is 4.86. The van der Waals surface area contributed by atoms with Gasteiger partial charge in [-0.15, -0.1) is 0 Å². The zero-order chi connectivity index (χ0) is 13.7. The summed E-state index contributed by atoms with van der Waals surface area (Å²) in [4.78, 5) is 18.1.